The van der Waals surface area contributed by atoms with Crippen LogP contribution >= 0.6 is 0 Å². The first-order valence-corrected chi connectivity index (χ1v) is 8.63. The molecule has 3 rings (SSSR count). The van der Waals surface area contributed by atoms with Crippen LogP contribution in [0.3, 0.4) is 0 Å². The van der Waals surface area contributed by atoms with E-state index in [2.05, 4.69) is 33.6 Å². The second-order valence-electron chi connectivity index (χ2n) is 6.18. The Morgan fingerprint density at radius 3 is 2.65 bits per heavy atom. The van der Waals surface area contributed by atoms with Gasteiger partial charge in [-0.1, -0.05) is 37.3 Å². The minimum atomic E-state index is -0.262. The van der Waals surface area contributed by atoms with Gasteiger partial charge in [0, 0.05) is 17.6 Å². The van der Waals surface area contributed by atoms with Gasteiger partial charge in [-0.15, -0.1) is 0 Å². The quantitative estimate of drug-likeness (QED) is 0.705. The van der Waals surface area contributed by atoms with Crippen LogP contribution in [0.25, 0.3) is 0 Å². The Hall–Kier alpha value is -3.21. The van der Waals surface area contributed by atoms with Crippen LogP contribution in [-0.2, 0) is 6.42 Å². The fraction of sp³-hybridized carbons (Fsp3) is 0.190. The number of carbonyl (C=O) groups excluding carboxylic acids is 1. The van der Waals surface area contributed by atoms with Crippen LogP contribution in [-0.4, -0.2) is 15.9 Å². The van der Waals surface area contributed by atoms with Gasteiger partial charge in [0.05, 0.1) is 0 Å². The van der Waals surface area contributed by atoms with Crippen molar-refractivity contribution < 1.29 is 4.79 Å². The number of nitrogens with one attached hydrogen (secondary N) is 2. The number of carbonyl (C=O) groups is 1. The van der Waals surface area contributed by atoms with E-state index in [0.717, 1.165) is 28.9 Å². The van der Waals surface area contributed by atoms with E-state index in [1.54, 1.807) is 12.3 Å². The van der Waals surface area contributed by atoms with E-state index in [1.165, 1.54) is 5.56 Å². The van der Waals surface area contributed by atoms with Crippen LogP contribution in [0.5, 0.6) is 0 Å². The summed E-state index contributed by atoms with van der Waals surface area (Å²) in [6.07, 6.45) is 2.49. The average Bonchev–Trinajstić information content (AvgIpc) is 2.63. The number of para-hydroxylation sites is 1. The molecule has 5 nitrogen and oxygen atoms in total. The highest BCUT2D eigenvalue weighted by Gasteiger charge is 2.11. The first-order valence-electron chi connectivity index (χ1n) is 8.63. The van der Waals surface area contributed by atoms with Crippen molar-refractivity contribution in [2.24, 2.45) is 0 Å². The van der Waals surface area contributed by atoms with Gasteiger partial charge in [-0.05, 0) is 55.2 Å². The molecule has 5 heteroatoms. The second kappa shape index (κ2) is 7.78. The van der Waals surface area contributed by atoms with E-state index in [4.69, 9.17) is 0 Å². The van der Waals surface area contributed by atoms with Crippen molar-refractivity contribution in [3.05, 3.63) is 77.1 Å². The molecule has 1 amide bonds. The fourth-order valence-electron chi connectivity index (χ4n) is 2.78. The zero-order valence-electron chi connectivity index (χ0n) is 15.2. The number of hydrogen-bond acceptors (Lipinski definition) is 4. The summed E-state index contributed by atoms with van der Waals surface area (Å²) in [6.45, 7) is 6.12. The fourth-order valence-corrected chi connectivity index (χ4v) is 2.78. The number of aromatic nitrogens is 2. The van der Waals surface area contributed by atoms with E-state index in [0.29, 0.717) is 11.6 Å². The lowest BCUT2D eigenvalue weighted by molar-refractivity contribution is 0.102. The first-order chi connectivity index (χ1) is 12.6. The summed E-state index contributed by atoms with van der Waals surface area (Å²) >= 11 is 0. The standard InChI is InChI=1S/C21H22N4O/c1-4-16-9-6-8-15(3)19(16)25-21-22-12-11-18(24-21)20(26)23-17-10-5-7-14(2)13-17/h5-13H,4H2,1-3H3,(H,23,26)(H,22,24,25). The molecule has 0 atom stereocenters. The molecule has 1 aromatic heterocycles. The van der Waals surface area contributed by atoms with Crippen LogP contribution in [0.1, 0.15) is 34.1 Å². The Balaban J connectivity index is 1.81. The van der Waals surface area contributed by atoms with E-state index in [-0.39, 0.29) is 5.91 Å². The maximum absolute atomic E-state index is 12.5. The van der Waals surface area contributed by atoms with Crippen molar-refractivity contribution in [3.8, 4) is 0 Å². The molecule has 0 unspecified atom stereocenters. The SMILES string of the molecule is CCc1cccc(C)c1Nc1nccc(C(=O)Nc2cccc(C)c2)n1. The van der Waals surface area contributed by atoms with Crippen molar-refractivity contribution in [3.63, 3.8) is 0 Å². The molecular weight excluding hydrogens is 324 g/mol. The lowest BCUT2D eigenvalue weighted by Gasteiger charge is -2.13. The van der Waals surface area contributed by atoms with E-state index < -0.39 is 0 Å². The largest absolute Gasteiger partial charge is 0.324 e. The molecule has 0 spiro atoms. The molecule has 132 valence electrons. The number of hydrogen-bond donors (Lipinski definition) is 2. The third-order valence-corrected chi connectivity index (χ3v) is 4.14. The van der Waals surface area contributed by atoms with Crippen molar-refractivity contribution in [1.82, 2.24) is 9.97 Å². The molecule has 1 heterocycles. The number of anilines is 3. The smallest absolute Gasteiger partial charge is 0.274 e. The van der Waals surface area contributed by atoms with Crippen LogP contribution in [0.15, 0.2) is 54.7 Å². The van der Waals surface area contributed by atoms with Gasteiger partial charge in [-0.2, -0.15) is 0 Å². The van der Waals surface area contributed by atoms with Gasteiger partial charge in [0.1, 0.15) is 5.69 Å². The Bertz CT molecular complexity index is 937. The maximum atomic E-state index is 12.5. The summed E-state index contributed by atoms with van der Waals surface area (Å²) in [6, 6.07) is 15.4. The van der Waals surface area contributed by atoms with Gasteiger partial charge in [-0.3, -0.25) is 4.79 Å². The zero-order chi connectivity index (χ0) is 18.5. The molecule has 0 bridgehead atoms. The summed E-state index contributed by atoms with van der Waals surface area (Å²) < 4.78 is 0. The molecule has 0 aliphatic heterocycles. The van der Waals surface area contributed by atoms with Crippen molar-refractivity contribution in [2.45, 2.75) is 27.2 Å². The topological polar surface area (TPSA) is 66.9 Å². The van der Waals surface area contributed by atoms with Crippen LogP contribution in [0, 0.1) is 13.8 Å². The van der Waals surface area contributed by atoms with Gasteiger partial charge in [0.15, 0.2) is 0 Å². The zero-order valence-corrected chi connectivity index (χ0v) is 15.2. The van der Waals surface area contributed by atoms with Crippen LogP contribution < -0.4 is 10.6 Å². The van der Waals surface area contributed by atoms with Gasteiger partial charge in [-0.25, -0.2) is 9.97 Å². The summed E-state index contributed by atoms with van der Waals surface area (Å²) in [5.41, 5.74) is 5.43. The molecule has 0 saturated heterocycles. The molecule has 0 aliphatic rings. The molecule has 2 aromatic carbocycles. The van der Waals surface area contributed by atoms with Crippen LogP contribution in [0.2, 0.25) is 0 Å². The predicted molar refractivity (Wildman–Crippen MR) is 105 cm³/mol. The molecule has 0 aliphatic carbocycles. The molecule has 0 radical (unpaired) electrons. The lowest BCUT2D eigenvalue weighted by Crippen LogP contribution is -2.15. The highest BCUT2D eigenvalue weighted by molar-refractivity contribution is 6.03. The number of benzene rings is 2. The Kier molecular flexibility index (Phi) is 5.27. The summed E-state index contributed by atoms with van der Waals surface area (Å²) in [5, 5.41) is 6.12. The Labute approximate surface area is 153 Å². The summed E-state index contributed by atoms with van der Waals surface area (Å²) in [4.78, 5) is 21.1. The number of rotatable bonds is 5. The third kappa shape index (κ3) is 4.06. The number of nitrogens with zero attached hydrogens (tertiary/aromatic N) is 2. The third-order valence-electron chi connectivity index (χ3n) is 4.14. The Morgan fingerprint density at radius 2 is 1.88 bits per heavy atom. The first kappa shape index (κ1) is 17.6. The maximum Gasteiger partial charge on any atom is 0.274 e. The van der Waals surface area contributed by atoms with Gasteiger partial charge in [0.25, 0.3) is 5.91 Å². The van der Waals surface area contributed by atoms with Crippen molar-refractivity contribution >= 4 is 23.2 Å². The van der Waals surface area contributed by atoms with E-state index in [9.17, 15) is 4.79 Å². The minimum Gasteiger partial charge on any atom is -0.324 e. The molecule has 26 heavy (non-hydrogen) atoms. The minimum absolute atomic E-state index is 0.262. The number of aryl methyl sites for hydroxylation is 3. The van der Waals surface area contributed by atoms with Gasteiger partial charge < -0.3 is 10.6 Å². The van der Waals surface area contributed by atoms with Gasteiger partial charge >= 0.3 is 0 Å². The molecule has 0 saturated carbocycles. The monoisotopic (exact) mass is 346 g/mol. The molecule has 0 fully saturated rings. The second-order valence-corrected chi connectivity index (χ2v) is 6.18. The van der Waals surface area contributed by atoms with E-state index >= 15 is 0 Å². The summed E-state index contributed by atoms with van der Waals surface area (Å²) in [5.74, 6) is 0.146. The summed E-state index contributed by atoms with van der Waals surface area (Å²) in [7, 11) is 0. The average molecular weight is 346 g/mol. The molecule has 3 aromatic rings. The molecule has 2 N–H and O–H groups in total. The lowest BCUT2D eigenvalue weighted by atomic mass is 10.1. The number of amides is 1. The highest BCUT2D eigenvalue weighted by Crippen LogP contribution is 2.23. The molecular formula is C21H22N4O. The predicted octanol–water partition coefficient (Wildman–Crippen LogP) is 4.65. The van der Waals surface area contributed by atoms with Crippen molar-refractivity contribution in [2.75, 3.05) is 10.6 Å². The normalized spacial score (nSPS) is 10.4. The highest BCUT2D eigenvalue weighted by atomic mass is 16.1. The van der Waals surface area contributed by atoms with Gasteiger partial charge in [0.2, 0.25) is 5.95 Å². The van der Waals surface area contributed by atoms with E-state index in [1.807, 2.05) is 50.2 Å². The Morgan fingerprint density at radius 1 is 1.08 bits per heavy atom. The van der Waals surface area contributed by atoms with Crippen molar-refractivity contribution in [1.29, 1.82) is 0 Å². The van der Waals surface area contributed by atoms with Crippen LogP contribution in [0.4, 0.5) is 17.3 Å².